The fourth-order valence-corrected chi connectivity index (χ4v) is 3.15. The Balaban J connectivity index is 0.00000676. The number of aliphatic hydroxyl groups excluding tert-OH is 1. The van der Waals surface area contributed by atoms with Crippen LogP contribution in [-0.4, -0.2) is 37.9 Å². The van der Waals surface area contributed by atoms with Crippen LogP contribution in [-0.2, 0) is 0 Å². The number of nitrogens with one attached hydrogen (secondary N) is 2. The molecule has 0 aliphatic heterocycles. The van der Waals surface area contributed by atoms with E-state index < -0.39 is 0 Å². The average Bonchev–Trinajstić information content (AvgIpc) is 2.59. The standard InChI is InChI=1S/C21H37N3O2.HI/c1-7-22-21(23-14-18(10-11-25)12-15(2)3)24-17(5)19-13-16(4)8-9-20(19)26-6;/h8-9,13,15,17-18,25H,7,10-12,14H2,1-6H3,(H2,22,23,24);1H. The Hall–Kier alpha value is -1.02. The Morgan fingerprint density at radius 2 is 1.96 bits per heavy atom. The molecule has 3 N–H and O–H groups in total. The Morgan fingerprint density at radius 3 is 2.52 bits per heavy atom. The summed E-state index contributed by atoms with van der Waals surface area (Å²) in [6, 6.07) is 6.28. The third-order valence-corrected chi connectivity index (χ3v) is 4.40. The molecule has 156 valence electrons. The van der Waals surface area contributed by atoms with Gasteiger partial charge in [-0.05, 0) is 51.5 Å². The lowest BCUT2D eigenvalue weighted by atomic mass is 9.94. The van der Waals surface area contributed by atoms with Crippen LogP contribution in [0.3, 0.4) is 0 Å². The molecule has 1 aromatic carbocycles. The Morgan fingerprint density at radius 1 is 1.26 bits per heavy atom. The van der Waals surface area contributed by atoms with E-state index in [4.69, 9.17) is 9.73 Å². The fraction of sp³-hybridized carbons (Fsp3) is 0.667. The first-order valence-electron chi connectivity index (χ1n) is 9.71. The Kier molecular flexibility index (Phi) is 13.5. The summed E-state index contributed by atoms with van der Waals surface area (Å²) in [5.74, 6) is 2.69. The number of aliphatic imine (C=N–C) groups is 1. The van der Waals surface area contributed by atoms with E-state index in [0.29, 0.717) is 18.4 Å². The van der Waals surface area contributed by atoms with Crippen molar-refractivity contribution in [1.29, 1.82) is 0 Å². The maximum atomic E-state index is 9.30. The second-order valence-electron chi connectivity index (χ2n) is 7.34. The number of hydrogen-bond acceptors (Lipinski definition) is 3. The van der Waals surface area contributed by atoms with E-state index >= 15 is 0 Å². The number of aliphatic hydroxyl groups is 1. The van der Waals surface area contributed by atoms with E-state index in [1.807, 2.05) is 6.07 Å². The zero-order valence-corrected chi connectivity index (χ0v) is 20.0. The van der Waals surface area contributed by atoms with Crippen LogP contribution in [0.25, 0.3) is 0 Å². The summed E-state index contributed by atoms with van der Waals surface area (Å²) in [5.41, 5.74) is 2.32. The summed E-state index contributed by atoms with van der Waals surface area (Å²) in [6.45, 7) is 12.4. The lowest BCUT2D eigenvalue weighted by molar-refractivity contribution is 0.245. The highest BCUT2D eigenvalue weighted by Crippen LogP contribution is 2.26. The van der Waals surface area contributed by atoms with Gasteiger partial charge in [0.1, 0.15) is 5.75 Å². The minimum Gasteiger partial charge on any atom is -0.496 e. The summed E-state index contributed by atoms with van der Waals surface area (Å²) < 4.78 is 5.51. The van der Waals surface area contributed by atoms with Crippen molar-refractivity contribution in [1.82, 2.24) is 10.6 Å². The van der Waals surface area contributed by atoms with Crippen LogP contribution >= 0.6 is 24.0 Å². The molecule has 27 heavy (non-hydrogen) atoms. The molecule has 0 aromatic heterocycles. The zero-order valence-electron chi connectivity index (χ0n) is 17.7. The van der Waals surface area contributed by atoms with Gasteiger partial charge in [0.05, 0.1) is 13.2 Å². The first kappa shape index (κ1) is 26.0. The van der Waals surface area contributed by atoms with Gasteiger partial charge in [0.25, 0.3) is 0 Å². The van der Waals surface area contributed by atoms with E-state index in [9.17, 15) is 5.11 Å². The number of methoxy groups -OCH3 is 1. The van der Waals surface area contributed by atoms with Gasteiger partial charge in [0.2, 0.25) is 0 Å². The highest BCUT2D eigenvalue weighted by Gasteiger charge is 2.15. The molecular formula is C21H38IN3O2. The van der Waals surface area contributed by atoms with Gasteiger partial charge in [0.15, 0.2) is 5.96 Å². The molecule has 6 heteroatoms. The molecule has 0 fully saturated rings. The molecule has 0 radical (unpaired) electrons. The number of guanidine groups is 1. The van der Waals surface area contributed by atoms with Crippen molar-refractivity contribution in [2.24, 2.45) is 16.8 Å². The molecule has 1 aromatic rings. The highest BCUT2D eigenvalue weighted by molar-refractivity contribution is 14.0. The van der Waals surface area contributed by atoms with Gasteiger partial charge in [-0.3, -0.25) is 4.99 Å². The van der Waals surface area contributed by atoms with Crippen molar-refractivity contribution < 1.29 is 9.84 Å². The van der Waals surface area contributed by atoms with Crippen LogP contribution in [0.5, 0.6) is 5.75 Å². The topological polar surface area (TPSA) is 65.9 Å². The van der Waals surface area contributed by atoms with Gasteiger partial charge in [-0.2, -0.15) is 0 Å². The monoisotopic (exact) mass is 491 g/mol. The number of nitrogens with zero attached hydrogens (tertiary/aromatic N) is 1. The molecule has 0 saturated heterocycles. The number of benzene rings is 1. The van der Waals surface area contributed by atoms with Gasteiger partial charge in [0, 0.05) is 25.3 Å². The van der Waals surface area contributed by atoms with Gasteiger partial charge >= 0.3 is 0 Å². The van der Waals surface area contributed by atoms with Crippen LogP contribution in [0.4, 0.5) is 0 Å². The molecular weight excluding hydrogens is 453 g/mol. The van der Waals surface area contributed by atoms with Crippen LogP contribution in [0.15, 0.2) is 23.2 Å². The molecule has 0 aliphatic rings. The van der Waals surface area contributed by atoms with Crippen LogP contribution in [0.2, 0.25) is 0 Å². The predicted molar refractivity (Wildman–Crippen MR) is 125 cm³/mol. The smallest absolute Gasteiger partial charge is 0.191 e. The third-order valence-electron chi connectivity index (χ3n) is 4.40. The van der Waals surface area contributed by atoms with Crippen LogP contribution in [0.1, 0.15) is 57.7 Å². The maximum absolute atomic E-state index is 9.30. The van der Waals surface area contributed by atoms with Crippen molar-refractivity contribution >= 4 is 29.9 Å². The lowest BCUT2D eigenvalue weighted by Crippen LogP contribution is -2.39. The summed E-state index contributed by atoms with van der Waals surface area (Å²) in [5, 5.41) is 16.1. The normalized spacial score (nSPS) is 13.7. The maximum Gasteiger partial charge on any atom is 0.191 e. The molecule has 0 aliphatic carbocycles. The Bertz CT molecular complexity index is 564. The zero-order chi connectivity index (χ0) is 19.5. The first-order chi connectivity index (χ1) is 12.4. The molecule has 2 atom stereocenters. The van der Waals surface area contributed by atoms with Crippen molar-refractivity contribution in [3.8, 4) is 5.75 Å². The second-order valence-corrected chi connectivity index (χ2v) is 7.34. The molecule has 0 spiro atoms. The minimum absolute atomic E-state index is 0. The van der Waals surface area contributed by atoms with Crippen LogP contribution < -0.4 is 15.4 Å². The van der Waals surface area contributed by atoms with Crippen molar-refractivity contribution in [2.75, 3.05) is 26.8 Å². The molecule has 0 saturated carbocycles. The molecule has 0 bridgehead atoms. The van der Waals surface area contributed by atoms with E-state index in [1.54, 1.807) is 7.11 Å². The van der Waals surface area contributed by atoms with E-state index in [2.05, 4.69) is 57.4 Å². The summed E-state index contributed by atoms with van der Waals surface area (Å²) >= 11 is 0. The quantitative estimate of drug-likeness (QED) is 0.260. The van der Waals surface area contributed by atoms with E-state index in [-0.39, 0.29) is 36.6 Å². The first-order valence-corrected chi connectivity index (χ1v) is 9.71. The summed E-state index contributed by atoms with van der Waals surface area (Å²) in [4.78, 5) is 4.77. The molecule has 1 rings (SSSR count). The van der Waals surface area contributed by atoms with E-state index in [0.717, 1.165) is 36.7 Å². The number of halogens is 1. The molecule has 2 unspecified atom stereocenters. The third kappa shape index (κ3) is 9.65. The molecule has 5 nitrogen and oxygen atoms in total. The largest absolute Gasteiger partial charge is 0.496 e. The van der Waals surface area contributed by atoms with Gasteiger partial charge < -0.3 is 20.5 Å². The number of hydrogen-bond donors (Lipinski definition) is 3. The molecule has 0 amide bonds. The number of ether oxygens (including phenoxy) is 1. The minimum atomic E-state index is 0. The van der Waals surface area contributed by atoms with Crippen molar-refractivity contribution in [3.05, 3.63) is 29.3 Å². The number of aryl methyl sites for hydroxylation is 1. The van der Waals surface area contributed by atoms with Gasteiger partial charge in [-0.1, -0.05) is 31.5 Å². The van der Waals surface area contributed by atoms with Gasteiger partial charge in [-0.25, -0.2) is 0 Å². The van der Waals surface area contributed by atoms with Crippen molar-refractivity contribution in [2.45, 2.75) is 53.5 Å². The summed E-state index contributed by atoms with van der Waals surface area (Å²) in [6.07, 6.45) is 1.87. The average molecular weight is 491 g/mol. The second kappa shape index (κ2) is 14.0. The van der Waals surface area contributed by atoms with Crippen LogP contribution in [0, 0.1) is 18.8 Å². The van der Waals surface area contributed by atoms with E-state index in [1.165, 1.54) is 5.56 Å². The molecule has 0 heterocycles. The summed E-state index contributed by atoms with van der Waals surface area (Å²) in [7, 11) is 1.70. The van der Waals surface area contributed by atoms with Gasteiger partial charge in [-0.15, -0.1) is 24.0 Å². The lowest BCUT2D eigenvalue weighted by Gasteiger charge is -2.22. The fourth-order valence-electron chi connectivity index (χ4n) is 3.15. The van der Waals surface area contributed by atoms with Crippen molar-refractivity contribution in [3.63, 3.8) is 0 Å². The highest BCUT2D eigenvalue weighted by atomic mass is 127. The predicted octanol–water partition coefficient (Wildman–Crippen LogP) is 4.28. The number of rotatable bonds is 10. The Labute approximate surface area is 182 Å². The SMILES string of the molecule is CCNC(=NCC(CCO)CC(C)C)NC(C)c1cc(C)ccc1OC.I.